The number of carbonyl (C=O) groups excluding carboxylic acids is 1. The molecule has 8 heteroatoms. The summed E-state index contributed by atoms with van der Waals surface area (Å²) in [5.41, 5.74) is 3.91. The van der Waals surface area contributed by atoms with Crippen LogP contribution in [0.3, 0.4) is 0 Å². The third kappa shape index (κ3) is 4.28. The van der Waals surface area contributed by atoms with Gasteiger partial charge in [-0.05, 0) is 60.7 Å². The molecule has 0 saturated carbocycles. The van der Waals surface area contributed by atoms with E-state index in [0.29, 0.717) is 26.1 Å². The number of para-hydroxylation sites is 1. The second-order valence-corrected chi connectivity index (χ2v) is 9.10. The van der Waals surface area contributed by atoms with Crippen molar-refractivity contribution in [2.24, 2.45) is 0 Å². The lowest BCUT2D eigenvalue weighted by molar-refractivity contribution is -0.113. The van der Waals surface area contributed by atoms with Gasteiger partial charge in [0.2, 0.25) is 5.91 Å². The fraction of sp³-hybridized carbons (Fsp3) is 0.136. The van der Waals surface area contributed by atoms with Crippen LogP contribution in [0.1, 0.15) is 11.1 Å². The Kier molecular flexibility index (Phi) is 5.94. The molecule has 4 rings (SSSR count). The first kappa shape index (κ1) is 20.7. The molecule has 0 aliphatic heterocycles. The zero-order valence-corrected chi connectivity index (χ0v) is 18.7. The number of fused-ring (bicyclic) bond motifs is 1. The van der Waals surface area contributed by atoms with Crippen molar-refractivity contribution in [2.75, 3.05) is 11.1 Å². The molecule has 0 radical (unpaired) electrons. The van der Waals surface area contributed by atoms with E-state index in [1.54, 1.807) is 28.8 Å². The van der Waals surface area contributed by atoms with E-state index in [2.05, 4.69) is 16.4 Å². The van der Waals surface area contributed by atoms with E-state index in [0.717, 1.165) is 16.8 Å². The van der Waals surface area contributed by atoms with Gasteiger partial charge in [0.1, 0.15) is 4.70 Å². The van der Waals surface area contributed by atoms with Crippen LogP contribution in [-0.2, 0) is 4.79 Å². The topological polar surface area (TPSA) is 64.0 Å². The Hall–Kier alpha value is -2.61. The lowest BCUT2D eigenvalue weighted by atomic mass is 10.1. The minimum Gasteiger partial charge on any atom is -0.324 e. The van der Waals surface area contributed by atoms with Crippen molar-refractivity contribution in [1.82, 2.24) is 9.55 Å². The Morgan fingerprint density at radius 2 is 1.90 bits per heavy atom. The summed E-state index contributed by atoms with van der Waals surface area (Å²) in [6.07, 6.45) is 0. The molecule has 0 saturated heterocycles. The fourth-order valence-corrected chi connectivity index (χ4v) is 4.93. The summed E-state index contributed by atoms with van der Waals surface area (Å²) < 4.78 is 2.19. The van der Waals surface area contributed by atoms with Crippen LogP contribution < -0.4 is 10.9 Å². The molecule has 0 spiro atoms. The van der Waals surface area contributed by atoms with E-state index < -0.39 is 0 Å². The van der Waals surface area contributed by atoms with E-state index >= 15 is 0 Å². The van der Waals surface area contributed by atoms with Gasteiger partial charge in [0.15, 0.2) is 5.16 Å². The van der Waals surface area contributed by atoms with E-state index in [-0.39, 0.29) is 17.2 Å². The quantitative estimate of drug-likeness (QED) is 0.321. The number of nitrogens with one attached hydrogen (secondary N) is 1. The SMILES string of the molecule is Cc1cc(C)cc(-n2c(SCC(=O)Nc3ccccc3Cl)nc3ccsc3c2=O)c1. The third-order valence-electron chi connectivity index (χ3n) is 4.39. The Labute approximate surface area is 186 Å². The third-order valence-corrected chi connectivity index (χ3v) is 6.55. The number of halogens is 1. The maximum Gasteiger partial charge on any atom is 0.276 e. The summed E-state index contributed by atoms with van der Waals surface area (Å²) in [5.74, 6) is -0.127. The first-order chi connectivity index (χ1) is 14.4. The van der Waals surface area contributed by atoms with Gasteiger partial charge in [-0.3, -0.25) is 14.2 Å². The highest BCUT2D eigenvalue weighted by Crippen LogP contribution is 2.26. The van der Waals surface area contributed by atoms with E-state index in [9.17, 15) is 9.59 Å². The van der Waals surface area contributed by atoms with Gasteiger partial charge in [0.05, 0.1) is 27.7 Å². The van der Waals surface area contributed by atoms with Crippen molar-refractivity contribution in [3.8, 4) is 5.69 Å². The van der Waals surface area contributed by atoms with Crippen molar-refractivity contribution < 1.29 is 4.79 Å². The monoisotopic (exact) mass is 455 g/mol. The van der Waals surface area contributed by atoms with Crippen LogP contribution in [-0.4, -0.2) is 21.2 Å². The summed E-state index contributed by atoms with van der Waals surface area (Å²) in [4.78, 5) is 30.4. The Morgan fingerprint density at radius 3 is 2.63 bits per heavy atom. The number of benzene rings is 2. The largest absolute Gasteiger partial charge is 0.324 e. The minimum atomic E-state index is -0.222. The van der Waals surface area contributed by atoms with Gasteiger partial charge in [-0.25, -0.2) is 4.98 Å². The molecular weight excluding hydrogens is 438 g/mol. The number of rotatable bonds is 5. The van der Waals surface area contributed by atoms with Gasteiger partial charge >= 0.3 is 0 Å². The van der Waals surface area contributed by atoms with E-state index in [1.165, 1.54) is 23.1 Å². The zero-order valence-electron chi connectivity index (χ0n) is 16.3. The molecular formula is C22H18ClN3O2S2. The van der Waals surface area contributed by atoms with Gasteiger partial charge in [-0.15, -0.1) is 11.3 Å². The van der Waals surface area contributed by atoms with Gasteiger partial charge < -0.3 is 5.32 Å². The normalized spacial score (nSPS) is 11.0. The second kappa shape index (κ2) is 8.63. The molecule has 0 aliphatic rings. The molecule has 0 atom stereocenters. The number of amides is 1. The number of hydrogen-bond acceptors (Lipinski definition) is 5. The predicted octanol–water partition coefficient (Wildman–Crippen LogP) is 5.45. The fourth-order valence-electron chi connectivity index (χ4n) is 3.18. The number of thiophene rings is 1. The molecule has 2 aromatic heterocycles. The highest BCUT2D eigenvalue weighted by molar-refractivity contribution is 7.99. The number of hydrogen-bond donors (Lipinski definition) is 1. The van der Waals surface area contributed by atoms with E-state index in [4.69, 9.17) is 11.6 Å². The van der Waals surface area contributed by atoms with Crippen LogP contribution in [0.5, 0.6) is 0 Å². The van der Waals surface area contributed by atoms with Gasteiger partial charge in [0, 0.05) is 0 Å². The van der Waals surface area contributed by atoms with Crippen LogP contribution in [0.15, 0.2) is 63.9 Å². The highest BCUT2D eigenvalue weighted by atomic mass is 35.5. The standard InChI is InChI=1S/C22H18ClN3O2S2/c1-13-9-14(2)11-15(10-13)26-21(28)20-18(7-8-29-20)25-22(26)30-12-19(27)24-17-6-4-3-5-16(17)23/h3-11H,12H2,1-2H3,(H,24,27). The summed E-state index contributed by atoms with van der Waals surface area (Å²) in [5, 5.41) is 5.60. The molecule has 5 nitrogen and oxygen atoms in total. The second-order valence-electron chi connectivity index (χ2n) is 6.83. The van der Waals surface area contributed by atoms with Crippen molar-refractivity contribution in [1.29, 1.82) is 0 Å². The first-order valence-corrected chi connectivity index (χ1v) is 11.4. The van der Waals surface area contributed by atoms with Crippen LogP contribution in [0.4, 0.5) is 5.69 Å². The highest BCUT2D eigenvalue weighted by Gasteiger charge is 2.16. The van der Waals surface area contributed by atoms with Crippen LogP contribution >= 0.6 is 34.7 Å². The molecule has 152 valence electrons. The van der Waals surface area contributed by atoms with Gasteiger partial charge in [0.25, 0.3) is 5.56 Å². The molecule has 30 heavy (non-hydrogen) atoms. The van der Waals surface area contributed by atoms with Crippen LogP contribution in [0, 0.1) is 13.8 Å². The average Bonchev–Trinajstić information content (AvgIpc) is 3.16. The van der Waals surface area contributed by atoms with Crippen molar-refractivity contribution in [3.05, 3.63) is 80.4 Å². The summed E-state index contributed by atoms with van der Waals surface area (Å²) >= 11 is 8.71. The molecule has 1 N–H and O–H groups in total. The maximum atomic E-state index is 13.2. The Bertz CT molecular complexity index is 1290. The van der Waals surface area contributed by atoms with Crippen molar-refractivity contribution >= 4 is 56.5 Å². The maximum absolute atomic E-state index is 13.2. The predicted molar refractivity (Wildman–Crippen MR) is 125 cm³/mol. The molecule has 0 fully saturated rings. The van der Waals surface area contributed by atoms with Crippen LogP contribution in [0.25, 0.3) is 15.9 Å². The molecule has 0 bridgehead atoms. The minimum absolute atomic E-state index is 0.0953. The lowest BCUT2D eigenvalue weighted by Gasteiger charge is -2.13. The molecule has 4 aromatic rings. The molecule has 1 amide bonds. The van der Waals surface area contributed by atoms with Gasteiger partial charge in [-0.2, -0.15) is 0 Å². The number of anilines is 1. The van der Waals surface area contributed by atoms with Crippen molar-refractivity contribution in [3.63, 3.8) is 0 Å². The summed E-state index contributed by atoms with van der Waals surface area (Å²) in [6.45, 7) is 3.98. The number of carbonyl (C=O) groups is 1. The summed E-state index contributed by atoms with van der Waals surface area (Å²) in [6, 6.07) is 14.8. The smallest absolute Gasteiger partial charge is 0.276 e. The molecule has 0 unspecified atom stereocenters. The van der Waals surface area contributed by atoms with Crippen molar-refractivity contribution in [2.45, 2.75) is 19.0 Å². The Balaban J connectivity index is 1.68. The molecule has 0 aliphatic carbocycles. The average molecular weight is 456 g/mol. The lowest BCUT2D eigenvalue weighted by Crippen LogP contribution is -2.22. The van der Waals surface area contributed by atoms with Crippen LogP contribution in [0.2, 0.25) is 5.02 Å². The first-order valence-electron chi connectivity index (χ1n) is 9.18. The van der Waals surface area contributed by atoms with Gasteiger partial charge in [-0.1, -0.05) is 41.6 Å². The zero-order chi connectivity index (χ0) is 21.3. The number of aryl methyl sites for hydroxylation is 2. The molecule has 2 aromatic carbocycles. The summed E-state index contributed by atoms with van der Waals surface area (Å²) in [7, 11) is 0. The molecule has 2 heterocycles. The Morgan fingerprint density at radius 1 is 1.17 bits per heavy atom. The number of nitrogens with zero attached hydrogens (tertiary/aromatic N) is 2. The number of aromatic nitrogens is 2. The number of thioether (sulfide) groups is 1. The van der Waals surface area contributed by atoms with E-state index in [1.807, 2.05) is 37.4 Å².